The zero-order valence-corrected chi connectivity index (χ0v) is 14.0. The number of methoxy groups -OCH3 is 1. The SMILES string of the molecule is CCC[C@](C)(OC)C(=O)Nc1cc(C)c(OCC)c(C)c1. The number of amides is 1. The number of benzene rings is 1. The summed E-state index contributed by atoms with van der Waals surface area (Å²) in [5.74, 6) is 0.772. The molecule has 0 bridgehead atoms. The van der Waals surface area contributed by atoms with Gasteiger partial charge in [0.2, 0.25) is 0 Å². The first kappa shape index (κ1) is 17.5. The summed E-state index contributed by atoms with van der Waals surface area (Å²) in [6.45, 7) is 10.4. The predicted molar refractivity (Wildman–Crippen MR) is 86.0 cm³/mol. The van der Waals surface area contributed by atoms with E-state index in [4.69, 9.17) is 9.47 Å². The van der Waals surface area contributed by atoms with E-state index in [9.17, 15) is 4.79 Å². The number of aryl methyl sites for hydroxylation is 2. The van der Waals surface area contributed by atoms with Gasteiger partial charge < -0.3 is 14.8 Å². The molecule has 4 nitrogen and oxygen atoms in total. The van der Waals surface area contributed by atoms with Gasteiger partial charge in [0.25, 0.3) is 5.91 Å². The molecule has 1 N–H and O–H groups in total. The van der Waals surface area contributed by atoms with Crippen LogP contribution in [0, 0.1) is 13.8 Å². The molecule has 1 aromatic rings. The third-order valence-electron chi connectivity index (χ3n) is 3.66. The molecule has 0 aliphatic heterocycles. The molecule has 0 spiro atoms. The average molecular weight is 293 g/mol. The number of rotatable bonds is 7. The standard InChI is InChI=1S/C17H27NO3/c1-7-9-17(5,20-6)16(19)18-14-10-12(3)15(21-8-2)13(4)11-14/h10-11H,7-9H2,1-6H3,(H,18,19)/t17-/m0/s1. The lowest BCUT2D eigenvalue weighted by Gasteiger charge is -2.26. The molecule has 0 radical (unpaired) electrons. The van der Waals surface area contributed by atoms with Crippen molar-refractivity contribution in [2.45, 2.75) is 53.1 Å². The number of ether oxygens (including phenoxy) is 2. The van der Waals surface area contributed by atoms with Crippen LogP contribution in [0.2, 0.25) is 0 Å². The van der Waals surface area contributed by atoms with Crippen molar-refractivity contribution in [2.24, 2.45) is 0 Å². The van der Waals surface area contributed by atoms with Crippen molar-refractivity contribution >= 4 is 11.6 Å². The van der Waals surface area contributed by atoms with E-state index in [-0.39, 0.29) is 5.91 Å². The second-order valence-corrected chi connectivity index (χ2v) is 5.51. The number of hydrogen-bond donors (Lipinski definition) is 1. The largest absolute Gasteiger partial charge is 0.493 e. The third-order valence-corrected chi connectivity index (χ3v) is 3.66. The van der Waals surface area contributed by atoms with Gasteiger partial charge in [-0.2, -0.15) is 0 Å². The van der Waals surface area contributed by atoms with Gasteiger partial charge in [0.1, 0.15) is 11.4 Å². The van der Waals surface area contributed by atoms with Gasteiger partial charge in [-0.1, -0.05) is 13.3 Å². The lowest BCUT2D eigenvalue weighted by molar-refractivity contribution is -0.136. The molecular weight excluding hydrogens is 266 g/mol. The highest BCUT2D eigenvalue weighted by molar-refractivity contribution is 5.97. The smallest absolute Gasteiger partial charge is 0.256 e. The monoisotopic (exact) mass is 293 g/mol. The summed E-state index contributed by atoms with van der Waals surface area (Å²) in [4.78, 5) is 12.4. The maximum absolute atomic E-state index is 12.4. The fourth-order valence-corrected chi connectivity index (χ4v) is 2.44. The third kappa shape index (κ3) is 4.21. The summed E-state index contributed by atoms with van der Waals surface area (Å²) in [5.41, 5.74) is 2.01. The second-order valence-electron chi connectivity index (χ2n) is 5.51. The van der Waals surface area contributed by atoms with Crippen molar-refractivity contribution in [3.8, 4) is 5.75 Å². The Morgan fingerprint density at radius 3 is 2.24 bits per heavy atom. The Morgan fingerprint density at radius 1 is 1.24 bits per heavy atom. The lowest BCUT2D eigenvalue weighted by atomic mass is 9.99. The number of nitrogens with one attached hydrogen (secondary N) is 1. The van der Waals surface area contributed by atoms with Gasteiger partial charge in [0.05, 0.1) is 6.61 Å². The Morgan fingerprint density at radius 2 is 1.81 bits per heavy atom. The first-order valence-corrected chi connectivity index (χ1v) is 7.48. The molecule has 0 saturated carbocycles. The van der Waals surface area contributed by atoms with E-state index in [0.29, 0.717) is 13.0 Å². The maximum Gasteiger partial charge on any atom is 0.256 e. The summed E-state index contributed by atoms with van der Waals surface area (Å²) >= 11 is 0. The highest BCUT2D eigenvalue weighted by Crippen LogP contribution is 2.28. The molecule has 0 heterocycles. The van der Waals surface area contributed by atoms with Crippen LogP contribution in [0.5, 0.6) is 5.75 Å². The molecule has 1 amide bonds. The number of anilines is 1. The predicted octanol–water partition coefficient (Wildman–Crippen LogP) is 3.85. The maximum atomic E-state index is 12.4. The molecule has 0 aliphatic rings. The molecule has 0 saturated heterocycles. The highest BCUT2D eigenvalue weighted by Gasteiger charge is 2.32. The Kier molecular flexibility index (Phi) is 6.21. The van der Waals surface area contributed by atoms with E-state index in [0.717, 1.165) is 29.0 Å². The summed E-state index contributed by atoms with van der Waals surface area (Å²) in [6, 6.07) is 3.86. The lowest BCUT2D eigenvalue weighted by Crippen LogP contribution is -2.41. The minimum absolute atomic E-state index is 0.116. The zero-order valence-electron chi connectivity index (χ0n) is 14.0. The van der Waals surface area contributed by atoms with Crippen LogP contribution in [0.3, 0.4) is 0 Å². The highest BCUT2D eigenvalue weighted by atomic mass is 16.5. The summed E-state index contributed by atoms with van der Waals surface area (Å²) < 4.78 is 11.0. The van der Waals surface area contributed by atoms with Gasteiger partial charge in [-0.05, 0) is 57.4 Å². The second kappa shape index (κ2) is 7.46. The molecule has 1 atom stereocenters. The summed E-state index contributed by atoms with van der Waals surface area (Å²) in [7, 11) is 1.57. The van der Waals surface area contributed by atoms with Crippen LogP contribution in [-0.2, 0) is 9.53 Å². The Hall–Kier alpha value is -1.55. The first-order chi connectivity index (χ1) is 9.87. The Bertz CT molecular complexity index is 476. The van der Waals surface area contributed by atoms with E-state index in [1.165, 1.54) is 0 Å². The molecule has 118 valence electrons. The fourth-order valence-electron chi connectivity index (χ4n) is 2.44. The van der Waals surface area contributed by atoms with Crippen molar-refractivity contribution in [1.82, 2.24) is 0 Å². The molecule has 0 unspecified atom stereocenters. The Labute approximate surface area is 127 Å². The molecule has 1 aromatic carbocycles. The van der Waals surface area contributed by atoms with E-state index < -0.39 is 5.60 Å². The molecule has 21 heavy (non-hydrogen) atoms. The van der Waals surface area contributed by atoms with Gasteiger partial charge in [-0.3, -0.25) is 4.79 Å². The van der Waals surface area contributed by atoms with Crippen LogP contribution in [0.1, 0.15) is 44.7 Å². The van der Waals surface area contributed by atoms with E-state index >= 15 is 0 Å². The molecule has 0 aromatic heterocycles. The number of carbonyl (C=O) groups excluding carboxylic acids is 1. The zero-order chi connectivity index (χ0) is 16.0. The van der Waals surface area contributed by atoms with Crippen LogP contribution in [0.25, 0.3) is 0 Å². The van der Waals surface area contributed by atoms with Crippen molar-refractivity contribution in [2.75, 3.05) is 19.0 Å². The first-order valence-electron chi connectivity index (χ1n) is 7.48. The fraction of sp³-hybridized carbons (Fsp3) is 0.588. The van der Waals surface area contributed by atoms with E-state index in [1.54, 1.807) is 7.11 Å². The molecule has 4 heteroatoms. The molecule has 0 fully saturated rings. The van der Waals surface area contributed by atoms with Gasteiger partial charge in [0, 0.05) is 12.8 Å². The van der Waals surface area contributed by atoms with Crippen LogP contribution in [0.15, 0.2) is 12.1 Å². The van der Waals surface area contributed by atoms with Crippen molar-refractivity contribution in [3.05, 3.63) is 23.3 Å². The molecule has 1 rings (SSSR count). The molecule has 0 aliphatic carbocycles. The normalized spacial score (nSPS) is 13.6. The number of hydrogen-bond acceptors (Lipinski definition) is 3. The minimum atomic E-state index is -0.796. The van der Waals surface area contributed by atoms with Gasteiger partial charge in [0.15, 0.2) is 0 Å². The quantitative estimate of drug-likeness (QED) is 0.830. The van der Waals surface area contributed by atoms with Gasteiger partial charge in [-0.15, -0.1) is 0 Å². The van der Waals surface area contributed by atoms with Crippen molar-refractivity contribution in [1.29, 1.82) is 0 Å². The minimum Gasteiger partial charge on any atom is -0.493 e. The van der Waals surface area contributed by atoms with Crippen LogP contribution in [-0.4, -0.2) is 25.2 Å². The average Bonchev–Trinajstić information content (AvgIpc) is 2.43. The van der Waals surface area contributed by atoms with Crippen LogP contribution >= 0.6 is 0 Å². The van der Waals surface area contributed by atoms with E-state index in [2.05, 4.69) is 5.32 Å². The summed E-state index contributed by atoms with van der Waals surface area (Å²) in [5, 5.41) is 2.95. The summed E-state index contributed by atoms with van der Waals surface area (Å²) in [6.07, 6.45) is 1.57. The Balaban J connectivity index is 2.96. The van der Waals surface area contributed by atoms with Gasteiger partial charge in [-0.25, -0.2) is 0 Å². The van der Waals surface area contributed by atoms with Crippen molar-refractivity contribution < 1.29 is 14.3 Å². The van der Waals surface area contributed by atoms with Crippen LogP contribution in [0.4, 0.5) is 5.69 Å². The van der Waals surface area contributed by atoms with Crippen molar-refractivity contribution in [3.63, 3.8) is 0 Å². The van der Waals surface area contributed by atoms with Gasteiger partial charge >= 0.3 is 0 Å². The topological polar surface area (TPSA) is 47.6 Å². The van der Waals surface area contributed by atoms with E-state index in [1.807, 2.05) is 46.8 Å². The van der Waals surface area contributed by atoms with Crippen LogP contribution < -0.4 is 10.1 Å². The number of carbonyl (C=O) groups is 1. The molecular formula is C17H27NO3.